The SMILES string of the molecule is CCCC(=O)N1CCCC(C(=O)NC2CC(N(CC)CC(=O)O)C2)C1. The maximum Gasteiger partial charge on any atom is 0.317 e. The number of likely N-dealkylation sites (tertiary alicyclic amines) is 1. The van der Waals surface area contributed by atoms with Crippen molar-refractivity contribution in [1.82, 2.24) is 15.1 Å². The van der Waals surface area contributed by atoms with Crippen molar-refractivity contribution in [1.29, 1.82) is 0 Å². The smallest absolute Gasteiger partial charge is 0.317 e. The number of nitrogens with zero attached hydrogens (tertiary/aromatic N) is 2. The van der Waals surface area contributed by atoms with E-state index in [1.54, 1.807) is 0 Å². The standard InChI is InChI=1S/C18H31N3O4/c1-3-6-16(22)21-8-5-7-13(11-21)18(25)19-14-9-15(10-14)20(4-2)12-17(23)24/h13-15H,3-12H2,1-2H3,(H,19,25)(H,23,24). The van der Waals surface area contributed by atoms with Crippen LogP contribution in [0.15, 0.2) is 0 Å². The summed E-state index contributed by atoms with van der Waals surface area (Å²) in [5, 5.41) is 12.0. The van der Waals surface area contributed by atoms with Crippen molar-refractivity contribution in [3.8, 4) is 0 Å². The van der Waals surface area contributed by atoms with Crippen LogP contribution in [0.3, 0.4) is 0 Å². The summed E-state index contributed by atoms with van der Waals surface area (Å²) in [4.78, 5) is 39.2. The van der Waals surface area contributed by atoms with Gasteiger partial charge in [-0.1, -0.05) is 13.8 Å². The van der Waals surface area contributed by atoms with E-state index >= 15 is 0 Å². The van der Waals surface area contributed by atoms with Gasteiger partial charge >= 0.3 is 5.97 Å². The Labute approximate surface area is 149 Å². The van der Waals surface area contributed by atoms with E-state index in [-0.39, 0.29) is 36.4 Å². The minimum atomic E-state index is -0.812. The Balaban J connectivity index is 1.75. The molecule has 7 heteroatoms. The van der Waals surface area contributed by atoms with E-state index in [9.17, 15) is 14.4 Å². The fourth-order valence-electron chi connectivity index (χ4n) is 3.79. The Bertz CT molecular complexity index is 491. The van der Waals surface area contributed by atoms with Crippen LogP contribution in [-0.4, -0.2) is 71.0 Å². The lowest BCUT2D eigenvalue weighted by atomic mass is 9.84. The van der Waals surface area contributed by atoms with E-state index in [1.807, 2.05) is 23.6 Å². The summed E-state index contributed by atoms with van der Waals surface area (Å²) >= 11 is 0. The largest absolute Gasteiger partial charge is 0.480 e. The molecule has 2 N–H and O–H groups in total. The highest BCUT2D eigenvalue weighted by molar-refractivity contribution is 5.81. The third-order valence-corrected chi connectivity index (χ3v) is 5.33. The Morgan fingerprint density at radius 1 is 1.24 bits per heavy atom. The highest BCUT2D eigenvalue weighted by Crippen LogP contribution is 2.26. The van der Waals surface area contributed by atoms with Crippen LogP contribution in [0.2, 0.25) is 0 Å². The highest BCUT2D eigenvalue weighted by atomic mass is 16.4. The Kier molecular flexibility index (Phi) is 7.23. The zero-order valence-electron chi connectivity index (χ0n) is 15.4. The molecule has 0 aromatic heterocycles. The Morgan fingerprint density at radius 3 is 2.56 bits per heavy atom. The second kappa shape index (κ2) is 9.17. The molecule has 1 saturated carbocycles. The zero-order chi connectivity index (χ0) is 18.4. The minimum Gasteiger partial charge on any atom is -0.480 e. The molecule has 2 rings (SSSR count). The predicted octanol–water partition coefficient (Wildman–Crippen LogP) is 1.08. The molecule has 1 heterocycles. The second-order valence-corrected chi connectivity index (χ2v) is 7.22. The molecule has 1 aliphatic carbocycles. The molecule has 7 nitrogen and oxygen atoms in total. The molecule has 2 amide bonds. The minimum absolute atomic E-state index is 0.0405. The van der Waals surface area contributed by atoms with Crippen molar-refractivity contribution in [3.63, 3.8) is 0 Å². The maximum absolute atomic E-state index is 12.5. The van der Waals surface area contributed by atoms with Crippen LogP contribution in [0, 0.1) is 5.92 Å². The van der Waals surface area contributed by atoms with Gasteiger partial charge in [0.1, 0.15) is 0 Å². The highest BCUT2D eigenvalue weighted by Gasteiger charge is 2.36. The molecule has 25 heavy (non-hydrogen) atoms. The number of carboxylic acids is 1. The Hall–Kier alpha value is -1.63. The van der Waals surface area contributed by atoms with Crippen molar-refractivity contribution in [3.05, 3.63) is 0 Å². The van der Waals surface area contributed by atoms with Gasteiger partial charge in [0.25, 0.3) is 0 Å². The summed E-state index contributed by atoms with van der Waals surface area (Å²) in [5.41, 5.74) is 0. The van der Waals surface area contributed by atoms with Gasteiger partial charge in [-0.05, 0) is 38.6 Å². The summed E-state index contributed by atoms with van der Waals surface area (Å²) in [5.74, 6) is -0.738. The third kappa shape index (κ3) is 5.42. The van der Waals surface area contributed by atoms with Crippen molar-refractivity contribution in [2.45, 2.75) is 64.5 Å². The van der Waals surface area contributed by atoms with Gasteiger partial charge in [-0.2, -0.15) is 0 Å². The lowest BCUT2D eigenvalue weighted by Gasteiger charge is -2.43. The lowest BCUT2D eigenvalue weighted by Crippen LogP contribution is -2.56. The van der Waals surface area contributed by atoms with Gasteiger partial charge in [-0.3, -0.25) is 19.3 Å². The van der Waals surface area contributed by atoms with Crippen molar-refractivity contribution in [2.24, 2.45) is 5.92 Å². The molecule has 2 fully saturated rings. The lowest BCUT2D eigenvalue weighted by molar-refractivity contribution is -0.140. The quantitative estimate of drug-likeness (QED) is 0.681. The van der Waals surface area contributed by atoms with E-state index in [4.69, 9.17) is 5.11 Å². The Morgan fingerprint density at radius 2 is 1.96 bits per heavy atom. The number of rotatable bonds is 8. The van der Waals surface area contributed by atoms with Crippen molar-refractivity contribution in [2.75, 3.05) is 26.2 Å². The number of likely N-dealkylation sites (N-methyl/N-ethyl adjacent to an activating group) is 1. The summed E-state index contributed by atoms with van der Waals surface area (Å²) in [6, 6.07) is 0.363. The predicted molar refractivity (Wildman–Crippen MR) is 94.0 cm³/mol. The molecule has 142 valence electrons. The number of carboxylic acid groups (broad SMARTS) is 1. The molecule has 0 radical (unpaired) electrons. The summed E-state index contributed by atoms with van der Waals surface area (Å²) in [6.45, 7) is 5.99. The van der Waals surface area contributed by atoms with Crippen LogP contribution >= 0.6 is 0 Å². The molecule has 1 unspecified atom stereocenters. The van der Waals surface area contributed by atoms with Gasteiger partial charge in [0, 0.05) is 31.6 Å². The molecule has 1 saturated heterocycles. The van der Waals surface area contributed by atoms with E-state index in [0.29, 0.717) is 19.5 Å². The fraction of sp³-hybridized carbons (Fsp3) is 0.833. The van der Waals surface area contributed by atoms with E-state index in [1.165, 1.54) is 0 Å². The van der Waals surface area contributed by atoms with Crippen LogP contribution in [0.4, 0.5) is 0 Å². The topological polar surface area (TPSA) is 90.0 Å². The van der Waals surface area contributed by atoms with Crippen LogP contribution in [-0.2, 0) is 14.4 Å². The first-order chi connectivity index (χ1) is 11.9. The monoisotopic (exact) mass is 353 g/mol. The van der Waals surface area contributed by atoms with Gasteiger partial charge in [0.05, 0.1) is 12.5 Å². The average molecular weight is 353 g/mol. The first kappa shape index (κ1) is 19.7. The number of amides is 2. The molecule has 1 aliphatic heterocycles. The zero-order valence-corrected chi connectivity index (χ0v) is 15.4. The molecular formula is C18H31N3O4. The summed E-state index contributed by atoms with van der Waals surface area (Å²) in [6.07, 6.45) is 4.70. The van der Waals surface area contributed by atoms with Gasteiger partial charge in [-0.15, -0.1) is 0 Å². The van der Waals surface area contributed by atoms with Crippen molar-refractivity contribution >= 4 is 17.8 Å². The number of piperidine rings is 1. The second-order valence-electron chi connectivity index (χ2n) is 7.22. The third-order valence-electron chi connectivity index (χ3n) is 5.33. The summed E-state index contributed by atoms with van der Waals surface area (Å²) < 4.78 is 0. The van der Waals surface area contributed by atoms with Crippen LogP contribution < -0.4 is 5.32 Å². The maximum atomic E-state index is 12.5. The van der Waals surface area contributed by atoms with Crippen LogP contribution in [0.1, 0.15) is 52.4 Å². The first-order valence-electron chi connectivity index (χ1n) is 9.48. The molecule has 0 aromatic rings. The van der Waals surface area contributed by atoms with Crippen molar-refractivity contribution < 1.29 is 19.5 Å². The molecule has 2 aliphatic rings. The average Bonchev–Trinajstić information content (AvgIpc) is 2.56. The number of nitrogens with one attached hydrogen (secondary N) is 1. The number of hydrogen-bond acceptors (Lipinski definition) is 4. The fourth-order valence-corrected chi connectivity index (χ4v) is 3.79. The van der Waals surface area contributed by atoms with E-state index in [0.717, 1.165) is 38.6 Å². The van der Waals surface area contributed by atoms with Crippen LogP contribution in [0.5, 0.6) is 0 Å². The van der Waals surface area contributed by atoms with Gasteiger partial charge in [0.15, 0.2) is 0 Å². The molecule has 0 bridgehead atoms. The van der Waals surface area contributed by atoms with E-state index < -0.39 is 5.97 Å². The molecular weight excluding hydrogens is 322 g/mol. The number of aliphatic carboxylic acids is 1. The molecule has 0 spiro atoms. The van der Waals surface area contributed by atoms with Crippen LogP contribution in [0.25, 0.3) is 0 Å². The number of carbonyl (C=O) groups is 3. The summed E-state index contributed by atoms with van der Waals surface area (Å²) in [7, 11) is 0. The van der Waals surface area contributed by atoms with E-state index in [2.05, 4.69) is 5.32 Å². The van der Waals surface area contributed by atoms with Gasteiger partial charge in [0.2, 0.25) is 11.8 Å². The van der Waals surface area contributed by atoms with Gasteiger partial charge in [-0.25, -0.2) is 0 Å². The number of carbonyl (C=O) groups excluding carboxylic acids is 2. The van der Waals surface area contributed by atoms with Gasteiger partial charge < -0.3 is 15.3 Å². The molecule has 1 atom stereocenters. The molecule has 0 aromatic carbocycles. The first-order valence-corrected chi connectivity index (χ1v) is 9.48. The number of hydrogen-bond donors (Lipinski definition) is 2. The normalized spacial score (nSPS) is 26.2.